The van der Waals surface area contributed by atoms with Crippen LogP contribution in [-0.2, 0) is 0 Å². The third-order valence-electron chi connectivity index (χ3n) is 7.82. The van der Waals surface area contributed by atoms with Crippen LogP contribution in [0.5, 0.6) is 0 Å². The molecule has 0 atom stereocenters. The van der Waals surface area contributed by atoms with Crippen LogP contribution in [0.2, 0.25) is 0 Å². The second kappa shape index (κ2) is 7.79. The molecular formula is C35H20N2OS. The predicted octanol–water partition coefficient (Wildman–Crippen LogP) is 10.1. The predicted molar refractivity (Wildman–Crippen MR) is 164 cm³/mol. The van der Waals surface area contributed by atoms with Crippen molar-refractivity contribution in [3.05, 3.63) is 121 Å². The second-order valence-electron chi connectivity index (χ2n) is 10.0. The maximum Gasteiger partial charge on any atom is 0.195 e. The van der Waals surface area contributed by atoms with Crippen molar-refractivity contribution in [3.63, 3.8) is 0 Å². The topological polar surface area (TPSA) is 31.0 Å². The van der Waals surface area contributed by atoms with Crippen LogP contribution < -0.4 is 0 Å². The van der Waals surface area contributed by atoms with Gasteiger partial charge in [0, 0.05) is 27.1 Å². The average Bonchev–Trinajstić information content (AvgIpc) is 3.67. The third kappa shape index (κ3) is 2.95. The Morgan fingerprint density at radius 3 is 2.08 bits per heavy atom. The van der Waals surface area contributed by atoms with Crippen LogP contribution in [0.3, 0.4) is 0 Å². The molecule has 0 spiro atoms. The summed E-state index contributed by atoms with van der Waals surface area (Å²) in [4.78, 5) is 5.28. The summed E-state index contributed by atoms with van der Waals surface area (Å²) >= 11 is 1.73. The van der Waals surface area contributed by atoms with Gasteiger partial charge in [0.25, 0.3) is 0 Å². The number of fused-ring (bicyclic) bond motifs is 9. The Bertz CT molecular complexity index is 2350. The monoisotopic (exact) mass is 516 g/mol. The molecule has 6 aromatic carbocycles. The van der Waals surface area contributed by atoms with E-state index < -0.39 is 0 Å². The van der Waals surface area contributed by atoms with Crippen LogP contribution in [0, 0.1) is 0 Å². The van der Waals surface area contributed by atoms with Gasteiger partial charge in [-0.3, -0.25) is 4.57 Å². The molecule has 0 N–H and O–H groups in total. The minimum atomic E-state index is 0.897. The summed E-state index contributed by atoms with van der Waals surface area (Å²) < 4.78 is 10.0. The van der Waals surface area contributed by atoms with Crippen molar-refractivity contribution >= 4 is 76.1 Å². The van der Waals surface area contributed by atoms with Crippen molar-refractivity contribution in [2.75, 3.05) is 0 Å². The van der Waals surface area contributed by atoms with E-state index in [-0.39, 0.29) is 0 Å². The van der Waals surface area contributed by atoms with Gasteiger partial charge >= 0.3 is 0 Å². The SMILES string of the molecule is c1ccc2cc(-c3cc4nc(-n5c6ccccc6c6ccccc65)sc4c4c3oc3ccccc34)ccc2c1. The van der Waals surface area contributed by atoms with Gasteiger partial charge in [-0.05, 0) is 46.7 Å². The highest BCUT2D eigenvalue weighted by Gasteiger charge is 2.21. The number of aromatic nitrogens is 2. The average molecular weight is 517 g/mol. The van der Waals surface area contributed by atoms with Crippen molar-refractivity contribution in [1.82, 2.24) is 9.55 Å². The van der Waals surface area contributed by atoms with Crippen molar-refractivity contribution < 1.29 is 4.42 Å². The lowest BCUT2D eigenvalue weighted by Gasteiger charge is -2.06. The van der Waals surface area contributed by atoms with Gasteiger partial charge in [-0.25, -0.2) is 4.98 Å². The van der Waals surface area contributed by atoms with Crippen molar-refractivity contribution in [2.45, 2.75) is 0 Å². The lowest BCUT2D eigenvalue weighted by molar-refractivity contribution is 0.670. The van der Waals surface area contributed by atoms with Crippen LogP contribution in [0.4, 0.5) is 0 Å². The number of thiazole rings is 1. The maximum atomic E-state index is 6.57. The largest absolute Gasteiger partial charge is 0.455 e. The highest BCUT2D eigenvalue weighted by atomic mass is 32.1. The molecule has 0 fully saturated rings. The molecule has 0 aliphatic heterocycles. The first kappa shape index (κ1) is 21.1. The zero-order valence-electron chi connectivity index (χ0n) is 20.8. The van der Waals surface area contributed by atoms with Crippen LogP contribution in [-0.4, -0.2) is 9.55 Å². The Labute approximate surface area is 227 Å². The molecule has 0 saturated carbocycles. The van der Waals surface area contributed by atoms with E-state index in [1.54, 1.807) is 11.3 Å². The number of furan rings is 1. The van der Waals surface area contributed by atoms with E-state index in [0.717, 1.165) is 48.4 Å². The molecule has 4 heteroatoms. The van der Waals surface area contributed by atoms with Crippen molar-refractivity contribution in [2.24, 2.45) is 0 Å². The lowest BCUT2D eigenvalue weighted by atomic mass is 9.99. The molecule has 0 bridgehead atoms. The summed E-state index contributed by atoms with van der Waals surface area (Å²) in [6.45, 7) is 0. The zero-order valence-corrected chi connectivity index (χ0v) is 21.6. The van der Waals surface area contributed by atoms with Crippen LogP contribution in [0.25, 0.3) is 81.0 Å². The molecule has 9 rings (SSSR count). The van der Waals surface area contributed by atoms with Gasteiger partial charge in [0.15, 0.2) is 5.13 Å². The Morgan fingerprint density at radius 2 is 1.28 bits per heavy atom. The van der Waals surface area contributed by atoms with Crippen LogP contribution >= 0.6 is 11.3 Å². The Hall–Kier alpha value is -4.93. The normalized spacial score (nSPS) is 12.1. The van der Waals surface area contributed by atoms with E-state index in [2.05, 4.69) is 120 Å². The Morgan fingerprint density at radius 1 is 0.615 bits per heavy atom. The van der Waals surface area contributed by atoms with E-state index in [1.165, 1.54) is 32.6 Å². The van der Waals surface area contributed by atoms with Crippen LogP contribution in [0.15, 0.2) is 126 Å². The van der Waals surface area contributed by atoms with E-state index in [9.17, 15) is 0 Å². The summed E-state index contributed by atoms with van der Waals surface area (Å²) in [5, 5.41) is 8.14. The highest BCUT2D eigenvalue weighted by molar-refractivity contribution is 7.22. The van der Waals surface area contributed by atoms with Gasteiger partial charge < -0.3 is 4.42 Å². The number of nitrogens with zero attached hydrogens (tertiary/aromatic N) is 2. The molecule has 0 radical (unpaired) electrons. The number of benzene rings is 6. The smallest absolute Gasteiger partial charge is 0.195 e. The summed E-state index contributed by atoms with van der Waals surface area (Å²) in [5.74, 6) is 0. The first-order valence-corrected chi connectivity index (χ1v) is 13.9. The summed E-state index contributed by atoms with van der Waals surface area (Å²) in [6, 6.07) is 42.8. The fourth-order valence-corrected chi connectivity index (χ4v) is 7.18. The number of rotatable bonds is 2. The summed E-state index contributed by atoms with van der Waals surface area (Å²) in [5.41, 5.74) is 7.33. The fraction of sp³-hybridized carbons (Fsp3) is 0. The van der Waals surface area contributed by atoms with Gasteiger partial charge in [-0.2, -0.15) is 0 Å². The maximum absolute atomic E-state index is 6.57. The molecule has 182 valence electrons. The summed E-state index contributed by atoms with van der Waals surface area (Å²) in [7, 11) is 0. The zero-order chi connectivity index (χ0) is 25.5. The van der Waals surface area contributed by atoms with E-state index in [1.807, 2.05) is 6.07 Å². The number of para-hydroxylation sites is 3. The molecule has 3 aromatic heterocycles. The van der Waals surface area contributed by atoms with Crippen LogP contribution in [0.1, 0.15) is 0 Å². The number of hydrogen-bond donors (Lipinski definition) is 0. The fourth-order valence-electron chi connectivity index (χ4n) is 6.06. The Kier molecular flexibility index (Phi) is 4.21. The molecule has 0 aliphatic rings. The first-order valence-electron chi connectivity index (χ1n) is 13.1. The number of hydrogen-bond acceptors (Lipinski definition) is 3. The summed E-state index contributed by atoms with van der Waals surface area (Å²) in [6.07, 6.45) is 0. The van der Waals surface area contributed by atoms with Crippen molar-refractivity contribution in [1.29, 1.82) is 0 Å². The molecule has 0 unspecified atom stereocenters. The molecular weight excluding hydrogens is 496 g/mol. The van der Waals surface area contributed by atoms with E-state index in [4.69, 9.17) is 9.40 Å². The van der Waals surface area contributed by atoms with E-state index >= 15 is 0 Å². The quantitative estimate of drug-likeness (QED) is 0.229. The van der Waals surface area contributed by atoms with E-state index in [0.29, 0.717) is 0 Å². The van der Waals surface area contributed by atoms with Gasteiger partial charge in [0.1, 0.15) is 11.2 Å². The minimum Gasteiger partial charge on any atom is -0.455 e. The van der Waals surface area contributed by atoms with Gasteiger partial charge in [-0.1, -0.05) is 102 Å². The Balaban J connectivity index is 1.40. The standard InChI is InChI=1S/C35H20N2OS/c1-2-10-22-19-23(18-17-21(22)9-1)27-20-28-34(32-26-13-5-8-16-31(26)38-33(27)32)39-35(36-28)37-29-14-6-3-11-24(29)25-12-4-7-15-30(25)37/h1-20H. The first-order chi connectivity index (χ1) is 19.3. The third-order valence-corrected chi connectivity index (χ3v) is 8.90. The molecule has 0 aliphatic carbocycles. The minimum absolute atomic E-state index is 0.897. The molecule has 3 heterocycles. The molecule has 3 nitrogen and oxygen atoms in total. The van der Waals surface area contributed by atoms with Gasteiger partial charge in [-0.15, -0.1) is 0 Å². The van der Waals surface area contributed by atoms with Crippen molar-refractivity contribution in [3.8, 4) is 16.3 Å². The van der Waals surface area contributed by atoms with Gasteiger partial charge in [0.2, 0.25) is 0 Å². The van der Waals surface area contributed by atoms with Gasteiger partial charge in [0.05, 0.1) is 21.3 Å². The lowest BCUT2D eigenvalue weighted by Crippen LogP contribution is -1.92. The molecule has 0 amide bonds. The molecule has 9 aromatic rings. The second-order valence-corrected chi connectivity index (χ2v) is 11.0. The molecule has 39 heavy (non-hydrogen) atoms. The highest BCUT2D eigenvalue weighted by Crippen LogP contribution is 2.44. The molecule has 0 saturated heterocycles.